The second kappa shape index (κ2) is 3.72. The van der Waals surface area contributed by atoms with Gasteiger partial charge in [0.2, 0.25) is 0 Å². The molecule has 9 heteroatoms. The van der Waals surface area contributed by atoms with Gasteiger partial charge >= 0.3 is 0 Å². The van der Waals surface area contributed by atoms with Gasteiger partial charge in [-0.05, 0) is 28.8 Å². The van der Waals surface area contributed by atoms with Crippen molar-refractivity contribution in [3.05, 3.63) is 28.6 Å². The third kappa shape index (κ3) is 1.97. The van der Waals surface area contributed by atoms with Crippen molar-refractivity contribution in [2.45, 2.75) is 4.90 Å². The standard InChI is InChI=1S/C7H4N4O3S2/c8-11-10-7-9-5-3-4(16(12,13)14)1-2-6(5)15-7/h1-3H,(H,12,13,14). The van der Waals surface area contributed by atoms with Gasteiger partial charge in [0, 0.05) is 4.91 Å². The molecule has 0 saturated carbocycles. The summed E-state index contributed by atoms with van der Waals surface area (Å²) in [5.74, 6) is 0. The molecule has 0 fully saturated rings. The quantitative estimate of drug-likeness (QED) is 0.384. The molecule has 0 radical (unpaired) electrons. The lowest BCUT2D eigenvalue weighted by atomic mass is 10.3. The summed E-state index contributed by atoms with van der Waals surface area (Å²) in [7, 11) is -4.24. The zero-order valence-electron chi connectivity index (χ0n) is 7.60. The first-order valence-corrected chi connectivity index (χ1v) is 6.19. The number of fused-ring (bicyclic) bond motifs is 1. The monoisotopic (exact) mass is 256 g/mol. The maximum absolute atomic E-state index is 10.9. The Hall–Kier alpha value is -1.67. The third-order valence-corrected chi connectivity index (χ3v) is 3.55. The highest BCUT2D eigenvalue weighted by Crippen LogP contribution is 2.29. The van der Waals surface area contributed by atoms with Gasteiger partial charge in [-0.15, -0.1) is 11.3 Å². The zero-order chi connectivity index (χ0) is 11.8. The topological polar surface area (TPSA) is 116 Å². The van der Waals surface area contributed by atoms with E-state index >= 15 is 0 Å². The molecular formula is C7H4N4O3S2. The second-order valence-corrected chi connectivity index (χ2v) is 5.22. The summed E-state index contributed by atoms with van der Waals surface area (Å²) in [6, 6.07) is 3.97. The SMILES string of the molecule is [N-]=[N+]=Nc1nc2cc(S(=O)(=O)O)ccc2s1. The van der Waals surface area contributed by atoms with Crippen LogP contribution in [0.2, 0.25) is 0 Å². The van der Waals surface area contributed by atoms with E-state index in [-0.39, 0.29) is 10.0 Å². The van der Waals surface area contributed by atoms with Gasteiger partial charge in [-0.2, -0.15) is 8.42 Å². The minimum atomic E-state index is -4.24. The van der Waals surface area contributed by atoms with Gasteiger partial charge < -0.3 is 0 Å². The molecule has 0 unspecified atom stereocenters. The van der Waals surface area contributed by atoms with Gasteiger partial charge in [0.05, 0.1) is 15.1 Å². The van der Waals surface area contributed by atoms with Crippen LogP contribution in [0.5, 0.6) is 0 Å². The summed E-state index contributed by atoms with van der Waals surface area (Å²) in [5, 5.41) is 3.51. The van der Waals surface area contributed by atoms with Crippen LogP contribution >= 0.6 is 11.3 Å². The Kier molecular flexibility index (Phi) is 2.52. The summed E-state index contributed by atoms with van der Waals surface area (Å²) < 4.78 is 31.2. The van der Waals surface area contributed by atoms with Crippen LogP contribution in [0.25, 0.3) is 20.7 Å². The number of hydrogen-bond acceptors (Lipinski definition) is 5. The normalized spacial score (nSPS) is 11.3. The van der Waals surface area contributed by atoms with Gasteiger partial charge in [0.25, 0.3) is 10.1 Å². The summed E-state index contributed by atoms with van der Waals surface area (Å²) >= 11 is 1.13. The third-order valence-electron chi connectivity index (χ3n) is 1.78. The van der Waals surface area contributed by atoms with Crippen molar-refractivity contribution >= 4 is 36.8 Å². The molecule has 0 spiro atoms. The first-order valence-electron chi connectivity index (χ1n) is 3.94. The molecule has 0 amide bonds. The number of azide groups is 1. The molecule has 1 aromatic heterocycles. The second-order valence-electron chi connectivity index (χ2n) is 2.79. The Morgan fingerprint density at radius 3 is 2.88 bits per heavy atom. The molecule has 16 heavy (non-hydrogen) atoms. The number of aromatic nitrogens is 1. The van der Waals surface area contributed by atoms with Gasteiger partial charge in [0.1, 0.15) is 0 Å². The first-order chi connectivity index (χ1) is 7.50. The van der Waals surface area contributed by atoms with Crippen molar-refractivity contribution in [3.8, 4) is 0 Å². The summed E-state index contributed by atoms with van der Waals surface area (Å²) in [4.78, 5) is 6.24. The molecular weight excluding hydrogens is 252 g/mol. The van der Waals surface area contributed by atoms with E-state index in [1.54, 1.807) is 0 Å². The fourth-order valence-electron chi connectivity index (χ4n) is 1.14. The summed E-state index contributed by atoms with van der Waals surface area (Å²) in [5.41, 5.74) is 8.58. The van der Waals surface area contributed by atoms with Crippen molar-refractivity contribution in [1.82, 2.24) is 4.98 Å². The summed E-state index contributed by atoms with van der Waals surface area (Å²) in [6.07, 6.45) is 0. The maximum atomic E-state index is 10.9. The fourth-order valence-corrected chi connectivity index (χ4v) is 2.40. The average molecular weight is 256 g/mol. The lowest BCUT2D eigenvalue weighted by molar-refractivity contribution is 0.483. The van der Waals surface area contributed by atoms with Crippen molar-refractivity contribution in [2.24, 2.45) is 5.11 Å². The van der Waals surface area contributed by atoms with Crippen LogP contribution < -0.4 is 0 Å². The molecule has 1 heterocycles. The van der Waals surface area contributed by atoms with Gasteiger partial charge in [-0.3, -0.25) is 4.55 Å². The van der Waals surface area contributed by atoms with Crippen molar-refractivity contribution in [2.75, 3.05) is 0 Å². The molecule has 0 saturated heterocycles. The minimum Gasteiger partial charge on any atom is -0.282 e. The predicted molar refractivity (Wildman–Crippen MR) is 58.2 cm³/mol. The number of hydrogen-bond donors (Lipinski definition) is 1. The number of benzene rings is 1. The molecule has 82 valence electrons. The van der Waals surface area contributed by atoms with Crippen LogP contribution in [0, 0.1) is 0 Å². The Morgan fingerprint density at radius 1 is 1.50 bits per heavy atom. The highest BCUT2D eigenvalue weighted by Gasteiger charge is 2.11. The molecule has 0 atom stereocenters. The van der Waals surface area contributed by atoms with E-state index < -0.39 is 10.1 Å². The highest BCUT2D eigenvalue weighted by molar-refractivity contribution is 7.85. The van der Waals surface area contributed by atoms with Crippen LogP contribution in [0.1, 0.15) is 0 Å². The Balaban J connectivity index is 2.67. The van der Waals surface area contributed by atoms with Crippen molar-refractivity contribution in [1.29, 1.82) is 0 Å². The van der Waals surface area contributed by atoms with Crippen molar-refractivity contribution in [3.63, 3.8) is 0 Å². The molecule has 0 aliphatic rings. The molecule has 0 aliphatic heterocycles. The van der Waals surface area contributed by atoms with Crippen LogP contribution in [-0.4, -0.2) is 18.0 Å². The van der Waals surface area contributed by atoms with E-state index in [2.05, 4.69) is 15.0 Å². The Morgan fingerprint density at radius 2 is 2.25 bits per heavy atom. The molecule has 2 aromatic rings. The molecule has 7 nitrogen and oxygen atoms in total. The van der Waals surface area contributed by atoms with Gasteiger partial charge in [-0.25, -0.2) is 4.98 Å². The minimum absolute atomic E-state index is 0.199. The average Bonchev–Trinajstić information content (AvgIpc) is 2.57. The lowest BCUT2D eigenvalue weighted by Gasteiger charge is -1.94. The van der Waals surface area contributed by atoms with E-state index in [1.165, 1.54) is 18.2 Å². The van der Waals surface area contributed by atoms with E-state index in [0.717, 1.165) is 11.3 Å². The molecule has 1 N–H and O–H groups in total. The van der Waals surface area contributed by atoms with Gasteiger partial charge in [-0.1, -0.05) is 0 Å². The van der Waals surface area contributed by atoms with Crippen LogP contribution in [0.3, 0.4) is 0 Å². The largest absolute Gasteiger partial charge is 0.294 e. The molecule has 0 bridgehead atoms. The Bertz CT molecular complexity index is 699. The molecule has 2 rings (SSSR count). The van der Waals surface area contributed by atoms with Crippen LogP contribution in [0.15, 0.2) is 28.2 Å². The number of nitrogens with zero attached hydrogens (tertiary/aromatic N) is 4. The van der Waals surface area contributed by atoms with E-state index in [1.807, 2.05) is 0 Å². The number of thiazole rings is 1. The van der Waals surface area contributed by atoms with E-state index in [4.69, 9.17) is 10.1 Å². The fraction of sp³-hybridized carbons (Fsp3) is 0. The lowest BCUT2D eigenvalue weighted by Crippen LogP contribution is -1.96. The maximum Gasteiger partial charge on any atom is 0.294 e. The smallest absolute Gasteiger partial charge is 0.282 e. The highest BCUT2D eigenvalue weighted by atomic mass is 32.2. The number of rotatable bonds is 2. The zero-order valence-corrected chi connectivity index (χ0v) is 9.23. The molecule has 0 aliphatic carbocycles. The van der Waals surface area contributed by atoms with Gasteiger partial charge in [0.15, 0.2) is 5.13 Å². The van der Waals surface area contributed by atoms with E-state index in [0.29, 0.717) is 10.2 Å². The molecule has 1 aromatic carbocycles. The summed E-state index contributed by atoms with van der Waals surface area (Å²) in [6.45, 7) is 0. The van der Waals surface area contributed by atoms with E-state index in [9.17, 15) is 8.42 Å². The Labute approximate surface area is 93.7 Å². The van der Waals surface area contributed by atoms with Crippen LogP contribution in [-0.2, 0) is 10.1 Å². The first kappa shape index (κ1) is 10.8. The van der Waals surface area contributed by atoms with Crippen LogP contribution in [0.4, 0.5) is 5.13 Å². The predicted octanol–water partition coefficient (Wildman–Crippen LogP) is 2.48. The van der Waals surface area contributed by atoms with Crippen molar-refractivity contribution < 1.29 is 13.0 Å².